The molecule has 1 saturated heterocycles. The van der Waals surface area contributed by atoms with E-state index in [9.17, 15) is 14.4 Å². The van der Waals surface area contributed by atoms with Gasteiger partial charge in [0.15, 0.2) is 5.16 Å². The quantitative estimate of drug-likeness (QED) is 0.471. The van der Waals surface area contributed by atoms with Crippen LogP contribution >= 0.6 is 35.0 Å². The van der Waals surface area contributed by atoms with Crippen molar-refractivity contribution in [1.29, 1.82) is 0 Å². The Labute approximate surface area is 186 Å². The van der Waals surface area contributed by atoms with Gasteiger partial charge < -0.3 is 5.32 Å². The van der Waals surface area contributed by atoms with E-state index in [4.69, 9.17) is 23.2 Å². The zero-order chi connectivity index (χ0) is 21.4. The predicted molar refractivity (Wildman–Crippen MR) is 118 cm³/mol. The minimum absolute atomic E-state index is 0.303. The molecule has 0 spiro atoms. The molecule has 10 heteroatoms. The maximum Gasteiger partial charge on any atom is 0.324 e. The van der Waals surface area contributed by atoms with E-state index in [2.05, 4.69) is 10.3 Å². The van der Waals surface area contributed by atoms with Crippen molar-refractivity contribution < 1.29 is 9.59 Å². The largest absolute Gasteiger partial charge is 0.336 e. The maximum atomic E-state index is 13.3. The van der Waals surface area contributed by atoms with Crippen molar-refractivity contribution >= 4 is 57.8 Å². The molecule has 0 bridgehead atoms. The average molecular weight is 463 g/mol. The smallest absolute Gasteiger partial charge is 0.324 e. The van der Waals surface area contributed by atoms with Crippen molar-refractivity contribution in [1.82, 2.24) is 19.8 Å². The van der Waals surface area contributed by atoms with Crippen LogP contribution in [0.25, 0.3) is 16.6 Å². The lowest BCUT2D eigenvalue weighted by Crippen LogP contribution is -2.39. The van der Waals surface area contributed by atoms with Crippen LogP contribution in [-0.2, 0) is 4.79 Å². The van der Waals surface area contributed by atoms with Crippen molar-refractivity contribution in [3.8, 4) is 5.69 Å². The summed E-state index contributed by atoms with van der Waals surface area (Å²) < 4.78 is 1.42. The summed E-state index contributed by atoms with van der Waals surface area (Å²) in [6.45, 7) is 2.40. The summed E-state index contributed by atoms with van der Waals surface area (Å²) in [5.41, 5.74) is 0.643. The summed E-state index contributed by atoms with van der Waals surface area (Å²) in [6.07, 6.45) is 0. The molecule has 1 aliphatic rings. The van der Waals surface area contributed by atoms with Crippen LogP contribution < -0.4 is 10.9 Å². The lowest BCUT2D eigenvalue weighted by atomic mass is 10.2. The number of carbonyl (C=O) groups is 2. The summed E-state index contributed by atoms with van der Waals surface area (Å²) in [7, 11) is 0. The molecule has 0 radical (unpaired) electrons. The highest BCUT2D eigenvalue weighted by molar-refractivity contribution is 8.00. The van der Waals surface area contributed by atoms with Crippen molar-refractivity contribution in [3.63, 3.8) is 0 Å². The van der Waals surface area contributed by atoms with Crippen molar-refractivity contribution in [3.05, 3.63) is 62.9 Å². The molecule has 3 aromatic rings. The Balaban J connectivity index is 1.82. The first-order chi connectivity index (χ1) is 14.3. The number of benzene rings is 2. The molecule has 1 atom stereocenters. The van der Waals surface area contributed by atoms with Crippen LogP contribution in [-0.4, -0.2) is 44.7 Å². The number of nitrogens with one attached hydrogen (secondary N) is 1. The highest BCUT2D eigenvalue weighted by atomic mass is 35.5. The monoisotopic (exact) mass is 462 g/mol. The van der Waals surface area contributed by atoms with Gasteiger partial charge in [-0.05, 0) is 43.3 Å². The van der Waals surface area contributed by atoms with Crippen molar-refractivity contribution in [2.24, 2.45) is 0 Å². The van der Waals surface area contributed by atoms with Crippen LogP contribution in [0.4, 0.5) is 4.79 Å². The van der Waals surface area contributed by atoms with E-state index in [1.807, 2.05) is 0 Å². The highest BCUT2D eigenvalue weighted by Crippen LogP contribution is 2.28. The van der Waals surface area contributed by atoms with E-state index in [0.717, 1.165) is 16.7 Å². The molecule has 2 aromatic carbocycles. The zero-order valence-electron chi connectivity index (χ0n) is 15.8. The first-order valence-corrected chi connectivity index (χ1v) is 10.7. The van der Waals surface area contributed by atoms with Gasteiger partial charge >= 0.3 is 6.03 Å². The first kappa shape index (κ1) is 20.7. The Morgan fingerprint density at radius 1 is 1.17 bits per heavy atom. The number of imide groups is 1. The average Bonchev–Trinajstić information content (AvgIpc) is 3.13. The van der Waals surface area contributed by atoms with Gasteiger partial charge in [0.2, 0.25) is 5.91 Å². The molecule has 3 amide bonds. The topological polar surface area (TPSA) is 84.3 Å². The number of amides is 3. The summed E-state index contributed by atoms with van der Waals surface area (Å²) >= 11 is 13.3. The molecule has 1 fully saturated rings. The predicted octanol–water partition coefficient (Wildman–Crippen LogP) is 3.72. The van der Waals surface area contributed by atoms with Gasteiger partial charge in [-0.25, -0.2) is 9.78 Å². The molecule has 30 heavy (non-hydrogen) atoms. The Kier molecular flexibility index (Phi) is 5.73. The van der Waals surface area contributed by atoms with Gasteiger partial charge in [0.25, 0.3) is 5.56 Å². The summed E-state index contributed by atoms with van der Waals surface area (Å²) in [5.74, 6) is -0.354. The van der Waals surface area contributed by atoms with Crippen molar-refractivity contribution in [2.45, 2.75) is 17.3 Å². The molecule has 4 rings (SSSR count). The number of fused-ring (bicyclic) bond motifs is 1. The molecular formula is C20H16Cl2N4O3S. The van der Waals surface area contributed by atoms with E-state index in [1.165, 1.54) is 4.57 Å². The van der Waals surface area contributed by atoms with E-state index in [1.54, 1.807) is 49.4 Å². The third kappa shape index (κ3) is 3.90. The Morgan fingerprint density at radius 2 is 1.93 bits per heavy atom. The number of thioether (sulfide) groups is 1. The molecule has 1 aliphatic heterocycles. The standard InChI is InChI=1S/C20H16Cl2N4O3S/c1-11(17(27)25-8-7-23-19(25)29)30-20-24-16-10-13(22)5-6-15(16)18(28)26(20)14-4-2-3-12(21)9-14/h2-6,9-11H,7-8H2,1H3,(H,23,29)/t11-/m1/s1. The third-order valence-electron chi connectivity index (χ3n) is 4.62. The van der Waals surface area contributed by atoms with Crippen molar-refractivity contribution in [2.75, 3.05) is 13.1 Å². The van der Waals surface area contributed by atoms with Gasteiger partial charge in [-0.15, -0.1) is 0 Å². The molecule has 0 unspecified atom stereocenters. The fourth-order valence-corrected chi connectivity index (χ4v) is 4.51. The molecule has 0 aliphatic carbocycles. The van der Waals surface area contributed by atoms with Gasteiger partial charge in [-0.1, -0.05) is 41.0 Å². The molecule has 1 N–H and O–H groups in total. The first-order valence-electron chi connectivity index (χ1n) is 9.09. The number of hydrogen-bond donors (Lipinski definition) is 1. The number of nitrogens with zero attached hydrogens (tertiary/aromatic N) is 3. The number of rotatable bonds is 4. The SMILES string of the molecule is C[C@@H](Sc1nc2cc(Cl)ccc2c(=O)n1-c1cccc(Cl)c1)C(=O)N1CCNC1=O. The number of hydrogen-bond acceptors (Lipinski definition) is 5. The molecule has 1 aromatic heterocycles. The van der Waals surface area contributed by atoms with Gasteiger partial charge in [0.1, 0.15) is 0 Å². The van der Waals surface area contributed by atoms with Crippen LogP contribution in [0.15, 0.2) is 52.4 Å². The van der Waals surface area contributed by atoms with Crippen LogP contribution in [0, 0.1) is 0 Å². The fraction of sp³-hybridized carbons (Fsp3) is 0.200. The van der Waals surface area contributed by atoms with Gasteiger partial charge in [0.05, 0.1) is 21.8 Å². The second-order valence-electron chi connectivity index (χ2n) is 6.66. The van der Waals surface area contributed by atoms with Crippen LogP contribution in [0.2, 0.25) is 10.0 Å². The molecule has 2 heterocycles. The van der Waals surface area contributed by atoms with Gasteiger partial charge in [0, 0.05) is 23.1 Å². The van der Waals surface area contributed by atoms with Crippen LogP contribution in [0.3, 0.4) is 0 Å². The highest BCUT2D eigenvalue weighted by Gasteiger charge is 2.31. The third-order valence-corrected chi connectivity index (χ3v) is 6.13. The minimum atomic E-state index is -0.650. The number of aromatic nitrogens is 2. The second kappa shape index (κ2) is 8.29. The van der Waals surface area contributed by atoms with E-state index < -0.39 is 11.3 Å². The lowest BCUT2D eigenvalue weighted by Gasteiger charge is -2.19. The normalized spacial score (nSPS) is 14.8. The summed E-state index contributed by atoms with van der Waals surface area (Å²) in [6, 6.07) is 11.2. The summed E-state index contributed by atoms with van der Waals surface area (Å²) in [4.78, 5) is 43.7. The van der Waals surface area contributed by atoms with Gasteiger partial charge in [-0.3, -0.25) is 19.1 Å². The Hall–Kier alpha value is -2.55. The fourth-order valence-electron chi connectivity index (χ4n) is 3.17. The maximum absolute atomic E-state index is 13.3. The van der Waals surface area contributed by atoms with E-state index >= 15 is 0 Å². The van der Waals surface area contributed by atoms with Crippen LogP contribution in [0.5, 0.6) is 0 Å². The number of halogens is 2. The number of carbonyl (C=O) groups excluding carboxylic acids is 2. The second-order valence-corrected chi connectivity index (χ2v) is 8.84. The zero-order valence-corrected chi connectivity index (χ0v) is 18.1. The summed E-state index contributed by atoms with van der Waals surface area (Å²) in [5, 5.41) is 3.56. The molecule has 154 valence electrons. The Morgan fingerprint density at radius 3 is 2.63 bits per heavy atom. The van der Waals surface area contributed by atoms with Gasteiger partial charge in [-0.2, -0.15) is 0 Å². The molecule has 7 nitrogen and oxygen atoms in total. The Bertz CT molecular complexity index is 1230. The van der Waals surface area contributed by atoms with Crippen LogP contribution in [0.1, 0.15) is 6.92 Å². The minimum Gasteiger partial charge on any atom is -0.336 e. The molecule has 0 saturated carbocycles. The van der Waals surface area contributed by atoms with E-state index in [0.29, 0.717) is 44.9 Å². The van der Waals surface area contributed by atoms with E-state index in [-0.39, 0.29) is 11.5 Å². The molecular weight excluding hydrogens is 447 g/mol. The lowest BCUT2D eigenvalue weighted by molar-refractivity contribution is -0.126. The number of urea groups is 1.